The van der Waals surface area contributed by atoms with E-state index in [2.05, 4.69) is 28.8 Å². The molecule has 9 heteroatoms. The Morgan fingerprint density at radius 1 is 1.17 bits per heavy atom. The highest BCUT2D eigenvalue weighted by molar-refractivity contribution is 5.70. The minimum Gasteiger partial charge on any atom is -0.493 e. The second kappa shape index (κ2) is 14.0. The van der Waals surface area contributed by atoms with Crippen LogP contribution in [0.2, 0.25) is 0 Å². The van der Waals surface area contributed by atoms with Gasteiger partial charge in [-0.2, -0.15) is 0 Å². The lowest BCUT2D eigenvalue weighted by atomic mass is 10.0. The van der Waals surface area contributed by atoms with Crippen molar-refractivity contribution in [2.24, 2.45) is 0 Å². The van der Waals surface area contributed by atoms with E-state index in [0.717, 1.165) is 61.5 Å². The predicted molar refractivity (Wildman–Crippen MR) is 159 cm³/mol. The van der Waals surface area contributed by atoms with Crippen LogP contribution in [0.25, 0.3) is 0 Å². The molecular formula is C32H46N4O5. The smallest absolute Gasteiger partial charge is 0.410 e. The molecule has 9 nitrogen and oxygen atoms in total. The van der Waals surface area contributed by atoms with Gasteiger partial charge in [-0.3, -0.25) is 4.79 Å². The predicted octanol–water partition coefficient (Wildman–Crippen LogP) is 5.22. The zero-order valence-electron chi connectivity index (χ0n) is 25.3. The van der Waals surface area contributed by atoms with Gasteiger partial charge in [0.15, 0.2) is 0 Å². The number of anilines is 1. The van der Waals surface area contributed by atoms with Crippen LogP contribution in [0.1, 0.15) is 82.3 Å². The van der Waals surface area contributed by atoms with E-state index < -0.39 is 5.60 Å². The van der Waals surface area contributed by atoms with E-state index in [4.69, 9.17) is 19.2 Å². The monoisotopic (exact) mass is 566 g/mol. The molecule has 0 bridgehead atoms. The number of aromatic nitrogens is 1. The number of aryl methyl sites for hydroxylation is 2. The molecule has 2 atom stereocenters. The molecule has 0 aliphatic carbocycles. The summed E-state index contributed by atoms with van der Waals surface area (Å²) in [6.07, 6.45) is 4.43. The summed E-state index contributed by atoms with van der Waals surface area (Å²) in [4.78, 5) is 32.4. The van der Waals surface area contributed by atoms with E-state index in [1.54, 1.807) is 11.8 Å². The average Bonchev–Trinajstić information content (AvgIpc) is 3.40. The van der Waals surface area contributed by atoms with Crippen LogP contribution in [0.3, 0.4) is 0 Å². The third-order valence-electron chi connectivity index (χ3n) is 7.40. The third-order valence-corrected chi connectivity index (χ3v) is 7.40. The second-order valence-corrected chi connectivity index (χ2v) is 11.9. The van der Waals surface area contributed by atoms with E-state index in [-0.39, 0.29) is 30.6 Å². The van der Waals surface area contributed by atoms with Crippen molar-refractivity contribution in [1.82, 2.24) is 15.2 Å². The molecule has 0 radical (unpaired) electrons. The van der Waals surface area contributed by atoms with Crippen molar-refractivity contribution in [2.75, 3.05) is 38.2 Å². The van der Waals surface area contributed by atoms with Crippen LogP contribution in [0.5, 0.6) is 5.75 Å². The Kier molecular flexibility index (Phi) is 10.5. The van der Waals surface area contributed by atoms with Crippen LogP contribution >= 0.6 is 0 Å². The molecule has 0 spiro atoms. The Hall–Kier alpha value is -3.33. The number of nitrogens with one attached hydrogen (secondary N) is 2. The van der Waals surface area contributed by atoms with Crippen LogP contribution < -0.4 is 15.4 Å². The molecule has 2 N–H and O–H groups in total. The van der Waals surface area contributed by atoms with E-state index in [0.29, 0.717) is 26.3 Å². The fourth-order valence-electron chi connectivity index (χ4n) is 5.27. The average molecular weight is 567 g/mol. The molecule has 1 amide bonds. The van der Waals surface area contributed by atoms with Crippen LogP contribution in [-0.2, 0) is 33.5 Å². The van der Waals surface area contributed by atoms with Crippen molar-refractivity contribution < 1.29 is 23.8 Å². The maximum atomic E-state index is 13.3. The molecule has 2 aliphatic heterocycles. The van der Waals surface area contributed by atoms with Gasteiger partial charge >= 0.3 is 12.1 Å². The quantitative estimate of drug-likeness (QED) is 0.338. The van der Waals surface area contributed by atoms with E-state index in [1.165, 1.54) is 11.1 Å². The first-order valence-electron chi connectivity index (χ1n) is 15.0. The van der Waals surface area contributed by atoms with Gasteiger partial charge < -0.3 is 29.7 Å². The number of carbonyl (C=O) groups is 2. The highest BCUT2D eigenvalue weighted by Crippen LogP contribution is 2.30. The Bertz CT molecular complexity index is 1200. The fourth-order valence-corrected chi connectivity index (χ4v) is 5.27. The summed E-state index contributed by atoms with van der Waals surface area (Å²) in [6.45, 7) is 12.4. The molecule has 41 heavy (non-hydrogen) atoms. The lowest BCUT2D eigenvalue weighted by Gasteiger charge is -2.33. The summed E-state index contributed by atoms with van der Waals surface area (Å²) in [6, 6.07) is 9.91. The molecule has 4 rings (SSSR count). The van der Waals surface area contributed by atoms with Gasteiger partial charge in [0.05, 0.1) is 19.6 Å². The van der Waals surface area contributed by atoms with E-state index in [9.17, 15) is 9.59 Å². The molecule has 0 fully saturated rings. The second-order valence-electron chi connectivity index (χ2n) is 11.9. The molecule has 224 valence electrons. The number of ether oxygens (including phenoxy) is 3. The number of benzene rings is 1. The first-order chi connectivity index (χ1) is 19.6. The molecule has 2 aromatic rings. The number of nitrogens with zero attached hydrogens (tertiary/aromatic N) is 2. The van der Waals surface area contributed by atoms with Gasteiger partial charge in [-0.25, -0.2) is 9.78 Å². The number of rotatable bonds is 12. The van der Waals surface area contributed by atoms with Crippen LogP contribution in [0.4, 0.5) is 10.6 Å². The SMILES string of the molecule is CCOC(=O)C[C@H](NCC(C)N(CCCc1ccc2c(n1)NCCC2)C(=O)OC(C)(C)C)c1ccc2c(c1)OCC2. The van der Waals surface area contributed by atoms with Crippen molar-refractivity contribution in [2.45, 2.75) is 90.8 Å². The summed E-state index contributed by atoms with van der Waals surface area (Å²) in [5.41, 5.74) is 3.81. The first kappa shape index (κ1) is 30.6. The van der Waals surface area contributed by atoms with Gasteiger partial charge in [0.1, 0.15) is 17.2 Å². The van der Waals surface area contributed by atoms with Crippen LogP contribution in [0, 0.1) is 0 Å². The van der Waals surface area contributed by atoms with Crippen molar-refractivity contribution in [1.29, 1.82) is 0 Å². The molecule has 1 unspecified atom stereocenters. The van der Waals surface area contributed by atoms with Gasteiger partial charge in [0, 0.05) is 43.8 Å². The lowest BCUT2D eigenvalue weighted by Crippen LogP contribution is -2.47. The first-order valence-corrected chi connectivity index (χ1v) is 15.0. The Morgan fingerprint density at radius 3 is 2.76 bits per heavy atom. The third kappa shape index (κ3) is 8.83. The molecule has 0 saturated carbocycles. The van der Waals surface area contributed by atoms with Crippen LogP contribution in [-0.4, -0.2) is 66.4 Å². The number of amides is 1. The van der Waals surface area contributed by atoms with Gasteiger partial charge in [-0.15, -0.1) is 0 Å². The zero-order valence-corrected chi connectivity index (χ0v) is 25.3. The minimum atomic E-state index is -0.606. The summed E-state index contributed by atoms with van der Waals surface area (Å²) in [5.74, 6) is 1.59. The van der Waals surface area contributed by atoms with Crippen molar-refractivity contribution in [3.63, 3.8) is 0 Å². The molecule has 1 aromatic carbocycles. The number of hydrogen-bond acceptors (Lipinski definition) is 8. The highest BCUT2D eigenvalue weighted by atomic mass is 16.6. The molecular weight excluding hydrogens is 520 g/mol. The van der Waals surface area contributed by atoms with Gasteiger partial charge in [-0.05, 0) is 89.1 Å². The summed E-state index contributed by atoms with van der Waals surface area (Å²) < 4.78 is 16.8. The van der Waals surface area contributed by atoms with Gasteiger partial charge in [0.25, 0.3) is 0 Å². The maximum Gasteiger partial charge on any atom is 0.410 e. The fraction of sp³-hybridized carbons (Fsp3) is 0.594. The molecule has 1 aromatic heterocycles. The van der Waals surface area contributed by atoms with Gasteiger partial charge in [-0.1, -0.05) is 18.2 Å². The Labute approximate surface area is 244 Å². The topological polar surface area (TPSA) is 102 Å². The molecule has 0 saturated heterocycles. The van der Waals surface area contributed by atoms with Crippen LogP contribution in [0.15, 0.2) is 30.3 Å². The van der Waals surface area contributed by atoms with Crippen molar-refractivity contribution in [3.05, 3.63) is 52.7 Å². The van der Waals surface area contributed by atoms with E-state index in [1.807, 2.05) is 39.8 Å². The Balaban J connectivity index is 1.43. The number of esters is 1. The highest BCUT2D eigenvalue weighted by Gasteiger charge is 2.27. The maximum absolute atomic E-state index is 13.3. The number of fused-ring (bicyclic) bond motifs is 2. The Morgan fingerprint density at radius 2 is 1.98 bits per heavy atom. The lowest BCUT2D eigenvalue weighted by molar-refractivity contribution is -0.143. The van der Waals surface area contributed by atoms with E-state index >= 15 is 0 Å². The van der Waals surface area contributed by atoms with Crippen molar-refractivity contribution >= 4 is 17.9 Å². The summed E-state index contributed by atoms with van der Waals surface area (Å²) in [5, 5.41) is 6.93. The number of hydrogen-bond donors (Lipinski definition) is 2. The standard InChI is InChI=1S/C32H46N4O5/c1-6-39-29(37)20-27(25-12-11-23-15-18-40-28(23)19-25)34-21-22(2)36(31(38)41-32(3,4)5)17-8-10-26-14-13-24-9-7-16-33-30(24)35-26/h11-14,19,22,27,34H,6-10,15-18,20-21H2,1-5H3,(H,33,35)/t22?,27-/m0/s1. The van der Waals surface area contributed by atoms with Crippen molar-refractivity contribution in [3.8, 4) is 5.75 Å². The normalized spacial score (nSPS) is 15.5. The number of pyridine rings is 1. The number of carbonyl (C=O) groups excluding carboxylic acids is 2. The molecule has 2 aliphatic rings. The largest absolute Gasteiger partial charge is 0.493 e. The molecule has 3 heterocycles. The zero-order chi connectivity index (χ0) is 29.4. The summed E-state index contributed by atoms with van der Waals surface area (Å²) >= 11 is 0. The summed E-state index contributed by atoms with van der Waals surface area (Å²) in [7, 11) is 0. The van der Waals surface area contributed by atoms with Gasteiger partial charge in [0.2, 0.25) is 0 Å². The minimum absolute atomic E-state index is 0.182.